The highest BCUT2D eigenvalue weighted by atomic mass is 32.1. The highest BCUT2D eigenvalue weighted by Crippen LogP contribution is 2.15. The molecule has 0 aliphatic carbocycles. The van der Waals surface area contributed by atoms with E-state index >= 15 is 0 Å². The van der Waals surface area contributed by atoms with E-state index in [2.05, 4.69) is 20.6 Å². The third-order valence-electron chi connectivity index (χ3n) is 3.26. The summed E-state index contributed by atoms with van der Waals surface area (Å²) in [6.07, 6.45) is 2.86. The molecular weight excluding hydrogens is 372 g/mol. The molecule has 1 aromatic rings. The van der Waals surface area contributed by atoms with Gasteiger partial charge in [-0.15, -0.1) is 0 Å². The summed E-state index contributed by atoms with van der Waals surface area (Å²) in [4.78, 5) is 44.0. The molecule has 0 saturated heterocycles. The van der Waals surface area contributed by atoms with Gasteiger partial charge in [-0.1, -0.05) is 19.1 Å². The average molecular weight is 394 g/mol. The van der Waals surface area contributed by atoms with Crippen LogP contribution in [0.2, 0.25) is 0 Å². The number of anilines is 2. The molecule has 0 aliphatic heterocycles. The molecule has 1 atom stereocenters. The Hall–Kier alpha value is -3.28. The van der Waals surface area contributed by atoms with Crippen LogP contribution in [-0.4, -0.2) is 57.7 Å². The first-order valence-electron chi connectivity index (χ1n) is 7.79. The molecule has 0 spiro atoms. The molecule has 3 amide bonds. The highest BCUT2D eigenvalue weighted by Gasteiger charge is 2.18. The number of carbonyl (C=O) groups is 3. The summed E-state index contributed by atoms with van der Waals surface area (Å²) in [5.41, 5.74) is 15.9. The Kier molecular flexibility index (Phi) is 7.60. The van der Waals surface area contributed by atoms with Gasteiger partial charge in [0, 0.05) is 20.2 Å². The van der Waals surface area contributed by atoms with Crippen molar-refractivity contribution in [2.45, 2.75) is 19.4 Å². The molecule has 0 fully saturated rings. The molecule has 1 rings (SSSR count). The van der Waals surface area contributed by atoms with Crippen LogP contribution in [-0.2, 0) is 9.59 Å². The molecule has 0 bridgehead atoms. The predicted octanol–water partition coefficient (Wildman–Crippen LogP) is -1.08. The number of nitrogens with one attached hydrogen (secondary N) is 2. The van der Waals surface area contributed by atoms with E-state index in [-0.39, 0.29) is 28.0 Å². The summed E-state index contributed by atoms with van der Waals surface area (Å²) in [7, 11) is 3.07. The lowest BCUT2D eigenvalue weighted by Crippen LogP contribution is -2.35. The van der Waals surface area contributed by atoms with E-state index in [0.717, 1.165) is 0 Å². The van der Waals surface area contributed by atoms with Gasteiger partial charge in [-0.3, -0.25) is 14.4 Å². The van der Waals surface area contributed by atoms with Crippen molar-refractivity contribution in [3.8, 4) is 0 Å². The molecular formula is C15H22N8O3S. The number of likely N-dealkylation sites (N-methyl/N-ethyl adjacent to an activating group) is 1. The molecule has 1 heterocycles. The molecule has 12 heteroatoms. The average Bonchev–Trinajstić information content (AvgIpc) is 2.58. The standard InChI is InChI=1S/C15H22N8O3S/c1-4-8(12(17)24)20-9-6-19-11(13(18)25)14(21-9)22-10(27)5-7(16)15(26)23(2)3/h5-6,8H,4,16H2,1-3H3,(H2,17,24)(H2,18,25)(H2,20,21,22,27)/t8-/m1/s1. The number of nitrogens with zero attached hydrogens (tertiary/aromatic N) is 3. The molecule has 11 nitrogen and oxygen atoms in total. The Morgan fingerprint density at radius 2 is 1.93 bits per heavy atom. The Bertz CT molecular complexity index is 793. The zero-order valence-electron chi connectivity index (χ0n) is 15.1. The lowest BCUT2D eigenvalue weighted by molar-refractivity contribution is -0.124. The van der Waals surface area contributed by atoms with Crippen molar-refractivity contribution in [3.63, 3.8) is 0 Å². The summed E-state index contributed by atoms with van der Waals surface area (Å²) in [5, 5.41) is 5.45. The summed E-state index contributed by atoms with van der Waals surface area (Å²) in [5.74, 6) is -1.73. The van der Waals surface area contributed by atoms with Crippen LogP contribution in [0.3, 0.4) is 0 Å². The number of nitrogens with two attached hydrogens (primary N) is 3. The smallest absolute Gasteiger partial charge is 0.271 e. The second kappa shape index (κ2) is 9.43. The van der Waals surface area contributed by atoms with E-state index in [4.69, 9.17) is 29.4 Å². The third kappa shape index (κ3) is 6.18. The van der Waals surface area contributed by atoms with Crippen LogP contribution in [0, 0.1) is 0 Å². The zero-order chi connectivity index (χ0) is 20.7. The van der Waals surface area contributed by atoms with Crippen LogP contribution in [0.5, 0.6) is 0 Å². The number of primary amides is 2. The first kappa shape index (κ1) is 21.8. The first-order chi connectivity index (χ1) is 12.6. The van der Waals surface area contributed by atoms with Gasteiger partial charge in [0.05, 0.1) is 6.20 Å². The van der Waals surface area contributed by atoms with Crippen LogP contribution in [0.4, 0.5) is 11.6 Å². The summed E-state index contributed by atoms with van der Waals surface area (Å²) >= 11 is 5.11. The number of hydrogen-bond donors (Lipinski definition) is 5. The quantitative estimate of drug-likeness (QED) is 0.270. The van der Waals surface area contributed by atoms with Crippen LogP contribution < -0.4 is 27.8 Å². The van der Waals surface area contributed by atoms with Gasteiger partial charge >= 0.3 is 0 Å². The van der Waals surface area contributed by atoms with E-state index < -0.39 is 23.8 Å². The lowest BCUT2D eigenvalue weighted by atomic mass is 10.2. The Labute approximate surface area is 161 Å². The topological polar surface area (TPSA) is 182 Å². The molecule has 27 heavy (non-hydrogen) atoms. The van der Waals surface area contributed by atoms with Gasteiger partial charge in [-0.05, 0) is 6.42 Å². The number of aromatic nitrogens is 2. The fraction of sp³-hybridized carbons (Fsp3) is 0.333. The maximum Gasteiger partial charge on any atom is 0.271 e. The maximum absolute atomic E-state index is 11.8. The number of carbonyl (C=O) groups excluding carboxylic acids is 3. The Morgan fingerprint density at radius 1 is 1.30 bits per heavy atom. The van der Waals surface area contributed by atoms with E-state index in [1.165, 1.54) is 31.3 Å². The van der Waals surface area contributed by atoms with Crippen LogP contribution in [0.1, 0.15) is 23.8 Å². The normalized spacial score (nSPS) is 12.0. The van der Waals surface area contributed by atoms with Crippen molar-refractivity contribution < 1.29 is 14.4 Å². The molecule has 0 aliphatic rings. The maximum atomic E-state index is 11.8. The van der Waals surface area contributed by atoms with E-state index in [1.807, 2.05) is 0 Å². The summed E-state index contributed by atoms with van der Waals surface area (Å²) in [6, 6.07) is -0.674. The lowest BCUT2D eigenvalue weighted by Gasteiger charge is -2.15. The van der Waals surface area contributed by atoms with Crippen LogP contribution in [0.25, 0.3) is 0 Å². The van der Waals surface area contributed by atoms with E-state index in [0.29, 0.717) is 6.42 Å². The Morgan fingerprint density at radius 3 is 2.41 bits per heavy atom. The predicted molar refractivity (Wildman–Crippen MR) is 105 cm³/mol. The second-order valence-electron chi connectivity index (χ2n) is 5.61. The van der Waals surface area contributed by atoms with E-state index in [9.17, 15) is 14.4 Å². The van der Waals surface area contributed by atoms with Crippen molar-refractivity contribution in [1.29, 1.82) is 0 Å². The van der Waals surface area contributed by atoms with Crippen molar-refractivity contribution in [3.05, 3.63) is 23.7 Å². The van der Waals surface area contributed by atoms with Gasteiger partial charge < -0.3 is 32.7 Å². The largest absolute Gasteiger partial charge is 0.394 e. The Balaban J connectivity index is 3.13. The summed E-state index contributed by atoms with van der Waals surface area (Å²) in [6.45, 7) is 1.76. The zero-order valence-corrected chi connectivity index (χ0v) is 16.0. The van der Waals surface area contributed by atoms with Crippen LogP contribution >= 0.6 is 12.2 Å². The van der Waals surface area contributed by atoms with Crippen LogP contribution in [0.15, 0.2) is 18.0 Å². The van der Waals surface area contributed by atoms with Gasteiger partial charge in [-0.25, -0.2) is 9.97 Å². The monoisotopic (exact) mass is 394 g/mol. The van der Waals surface area contributed by atoms with Crippen molar-refractivity contribution >= 4 is 46.6 Å². The molecule has 1 aromatic heterocycles. The fourth-order valence-electron chi connectivity index (χ4n) is 1.89. The fourth-order valence-corrected chi connectivity index (χ4v) is 2.12. The van der Waals surface area contributed by atoms with Gasteiger partial charge in [0.25, 0.3) is 11.8 Å². The van der Waals surface area contributed by atoms with E-state index in [1.54, 1.807) is 6.92 Å². The van der Waals surface area contributed by atoms with Gasteiger partial charge in [0.15, 0.2) is 11.5 Å². The van der Waals surface area contributed by atoms with Crippen molar-refractivity contribution in [2.24, 2.45) is 17.2 Å². The number of hydrogen-bond acceptors (Lipinski definition) is 8. The minimum atomic E-state index is -0.845. The number of thiocarbonyl (C=S) groups is 1. The van der Waals surface area contributed by atoms with Gasteiger partial charge in [-0.2, -0.15) is 0 Å². The number of amides is 3. The van der Waals surface area contributed by atoms with Gasteiger partial charge in [0.1, 0.15) is 22.5 Å². The third-order valence-corrected chi connectivity index (χ3v) is 3.48. The molecule has 0 radical (unpaired) electrons. The summed E-state index contributed by atoms with van der Waals surface area (Å²) < 4.78 is 0. The highest BCUT2D eigenvalue weighted by molar-refractivity contribution is 7.81. The van der Waals surface area contributed by atoms with Crippen molar-refractivity contribution in [1.82, 2.24) is 14.9 Å². The molecule has 146 valence electrons. The van der Waals surface area contributed by atoms with Crippen molar-refractivity contribution in [2.75, 3.05) is 24.7 Å². The number of rotatable bonds is 8. The first-order valence-corrected chi connectivity index (χ1v) is 8.20. The molecule has 0 saturated carbocycles. The minimum absolute atomic E-state index is 0.0126. The molecule has 0 unspecified atom stereocenters. The molecule has 0 aromatic carbocycles. The SMILES string of the molecule is CC[C@@H](Nc1cnc(C(N)=O)c(NC(=S)C=C(N)C(=O)N(C)C)n1)C(N)=O. The second-order valence-corrected chi connectivity index (χ2v) is 6.05. The minimum Gasteiger partial charge on any atom is -0.394 e. The van der Waals surface area contributed by atoms with Gasteiger partial charge in [0.2, 0.25) is 5.91 Å². The molecule has 8 N–H and O–H groups in total.